The van der Waals surface area contributed by atoms with Crippen molar-refractivity contribution >= 4 is 28.9 Å². The number of allylic oxidation sites excluding steroid dienone is 2. The summed E-state index contributed by atoms with van der Waals surface area (Å²) in [5.74, 6) is 1.12. The third kappa shape index (κ3) is 4.27. The third-order valence-electron chi connectivity index (χ3n) is 7.92. The number of alkyl halides is 1. The van der Waals surface area contributed by atoms with E-state index in [-0.39, 0.29) is 11.4 Å². The third-order valence-corrected chi connectivity index (χ3v) is 8.31. The van der Waals surface area contributed by atoms with Gasteiger partial charge in [0.2, 0.25) is 5.91 Å². The van der Waals surface area contributed by atoms with Gasteiger partial charge in [0.15, 0.2) is 5.82 Å². The van der Waals surface area contributed by atoms with Crippen LogP contribution in [0.5, 0.6) is 0 Å². The molecule has 1 unspecified atom stereocenters. The number of rotatable bonds is 3. The van der Waals surface area contributed by atoms with Gasteiger partial charge < -0.3 is 14.5 Å². The van der Waals surface area contributed by atoms with E-state index in [1.54, 1.807) is 6.92 Å². The zero-order chi connectivity index (χ0) is 24.8. The van der Waals surface area contributed by atoms with Crippen molar-refractivity contribution in [3.63, 3.8) is 0 Å². The van der Waals surface area contributed by atoms with Crippen molar-refractivity contribution in [2.75, 3.05) is 37.7 Å². The zero-order valence-electron chi connectivity index (χ0n) is 21.0. The van der Waals surface area contributed by atoms with Crippen molar-refractivity contribution in [1.82, 2.24) is 29.8 Å². The lowest BCUT2D eigenvalue weighted by Gasteiger charge is -2.33. The topological polar surface area (TPSA) is 80.5 Å². The fourth-order valence-electron chi connectivity index (χ4n) is 5.98. The molecule has 192 valence electrons. The average Bonchev–Trinajstić information content (AvgIpc) is 3.44. The Morgan fingerprint density at radius 1 is 1.22 bits per heavy atom. The molecule has 6 heterocycles. The predicted octanol–water partition coefficient (Wildman–Crippen LogP) is 2.98. The number of anilines is 1. The smallest absolute Gasteiger partial charge is 0.219 e. The van der Waals surface area contributed by atoms with Crippen molar-refractivity contribution in [3.05, 3.63) is 46.6 Å². The molecule has 2 aromatic heterocycles. The van der Waals surface area contributed by atoms with Crippen molar-refractivity contribution in [2.45, 2.75) is 57.1 Å². The lowest BCUT2D eigenvalue weighted by atomic mass is 9.98. The molecule has 6 rings (SSSR count). The fourth-order valence-corrected chi connectivity index (χ4v) is 6.25. The van der Waals surface area contributed by atoms with Gasteiger partial charge in [-0.25, -0.2) is 0 Å². The second-order valence-corrected chi connectivity index (χ2v) is 10.6. The van der Waals surface area contributed by atoms with Crippen LogP contribution in [0.1, 0.15) is 55.5 Å². The highest BCUT2D eigenvalue weighted by Crippen LogP contribution is 2.39. The number of amides is 1. The summed E-state index contributed by atoms with van der Waals surface area (Å²) in [7, 11) is 1.92. The van der Waals surface area contributed by atoms with Gasteiger partial charge in [0, 0.05) is 82.0 Å². The first-order chi connectivity index (χ1) is 17.5. The number of carbonyl (C=O) groups excluding carboxylic acids is 1. The van der Waals surface area contributed by atoms with Crippen molar-refractivity contribution in [1.29, 1.82) is 0 Å². The Morgan fingerprint density at radius 3 is 2.81 bits per heavy atom. The lowest BCUT2D eigenvalue weighted by Crippen LogP contribution is -2.38. The van der Waals surface area contributed by atoms with Crippen molar-refractivity contribution in [2.24, 2.45) is 7.05 Å². The zero-order valence-corrected chi connectivity index (χ0v) is 21.8. The van der Waals surface area contributed by atoms with Crippen LogP contribution in [0.15, 0.2) is 29.7 Å². The molecule has 1 amide bonds. The van der Waals surface area contributed by atoms with Gasteiger partial charge in [-0.1, -0.05) is 6.08 Å². The van der Waals surface area contributed by atoms with Crippen LogP contribution in [0.25, 0.3) is 5.57 Å². The second kappa shape index (κ2) is 9.68. The predicted molar refractivity (Wildman–Crippen MR) is 139 cm³/mol. The molecule has 0 aliphatic carbocycles. The van der Waals surface area contributed by atoms with Gasteiger partial charge in [-0.05, 0) is 36.8 Å². The van der Waals surface area contributed by atoms with E-state index >= 15 is 0 Å². The van der Waals surface area contributed by atoms with Crippen LogP contribution in [0.3, 0.4) is 0 Å². The van der Waals surface area contributed by atoms with Gasteiger partial charge in [-0.2, -0.15) is 10.2 Å². The Bertz CT molecular complexity index is 1220. The van der Waals surface area contributed by atoms with Crippen LogP contribution < -0.4 is 10.2 Å². The Labute approximate surface area is 216 Å². The van der Waals surface area contributed by atoms with Crippen LogP contribution in [-0.2, 0) is 29.5 Å². The fraction of sp³-hybridized carbons (Fsp3) is 0.577. The quantitative estimate of drug-likeness (QED) is 0.504. The molecule has 1 atom stereocenters. The van der Waals surface area contributed by atoms with Gasteiger partial charge in [-0.3, -0.25) is 19.5 Å². The Balaban J connectivity index is 1.42. The van der Waals surface area contributed by atoms with Gasteiger partial charge >= 0.3 is 0 Å². The summed E-state index contributed by atoms with van der Waals surface area (Å²) in [4.78, 5) is 16.6. The highest BCUT2D eigenvalue weighted by Gasteiger charge is 2.34. The summed E-state index contributed by atoms with van der Waals surface area (Å²) >= 11 is 6.83. The number of aryl methyl sites for hydroxylation is 1. The van der Waals surface area contributed by atoms with E-state index in [9.17, 15) is 4.79 Å². The molecular formula is C26H34ClN7O2. The number of nitrogens with one attached hydrogen (secondary N) is 1. The molecule has 9 nitrogen and oxygen atoms in total. The lowest BCUT2D eigenvalue weighted by molar-refractivity contribution is -0.129. The van der Waals surface area contributed by atoms with Crippen LogP contribution in [-0.4, -0.2) is 68.7 Å². The van der Waals surface area contributed by atoms with Crippen LogP contribution in [0.2, 0.25) is 0 Å². The number of nitrogens with zero attached hydrogens (tertiary/aromatic N) is 6. The second-order valence-electron chi connectivity index (χ2n) is 10.2. The van der Waals surface area contributed by atoms with Crippen LogP contribution in [0, 0.1) is 0 Å². The van der Waals surface area contributed by atoms with E-state index in [0.717, 1.165) is 75.4 Å². The molecule has 0 aromatic carbocycles. The number of ether oxygens (including phenoxy) is 1. The number of carbonyl (C=O) groups is 1. The van der Waals surface area contributed by atoms with E-state index in [2.05, 4.69) is 26.1 Å². The first-order valence-corrected chi connectivity index (χ1v) is 13.4. The first kappa shape index (κ1) is 23.8. The molecule has 4 aliphatic rings. The van der Waals surface area contributed by atoms with Crippen molar-refractivity contribution < 1.29 is 9.53 Å². The summed E-state index contributed by atoms with van der Waals surface area (Å²) in [5.41, 5.74) is 6.78. The number of hydrogen-bond donors (Lipinski definition) is 1. The van der Waals surface area contributed by atoms with E-state index in [4.69, 9.17) is 21.4 Å². The monoisotopic (exact) mass is 511 g/mol. The molecule has 0 saturated carbocycles. The first-order valence-electron chi connectivity index (χ1n) is 13.0. The summed E-state index contributed by atoms with van der Waals surface area (Å²) in [6, 6.07) is 0.347. The van der Waals surface area contributed by atoms with Crippen LogP contribution in [0.4, 0.5) is 5.82 Å². The summed E-state index contributed by atoms with van der Waals surface area (Å²) < 4.78 is 9.71. The number of hydrogen-bond acceptors (Lipinski definition) is 6. The number of fused-ring (bicyclic) bond motifs is 1. The van der Waals surface area contributed by atoms with E-state index < -0.39 is 0 Å². The Hall–Kier alpha value is -2.62. The minimum atomic E-state index is -0.302. The van der Waals surface area contributed by atoms with Gasteiger partial charge in [0.05, 0.1) is 18.8 Å². The van der Waals surface area contributed by atoms with Gasteiger partial charge in [0.25, 0.3) is 0 Å². The largest absolute Gasteiger partial charge is 0.381 e. The highest BCUT2D eigenvalue weighted by molar-refractivity contribution is 6.26. The molecule has 10 heteroatoms. The number of aromatic nitrogens is 4. The molecule has 1 N–H and O–H groups in total. The average molecular weight is 512 g/mol. The minimum Gasteiger partial charge on any atom is -0.381 e. The molecule has 36 heavy (non-hydrogen) atoms. The Kier molecular flexibility index (Phi) is 6.39. The molecule has 0 bridgehead atoms. The van der Waals surface area contributed by atoms with Crippen molar-refractivity contribution in [3.8, 4) is 0 Å². The maximum Gasteiger partial charge on any atom is 0.219 e. The maximum atomic E-state index is 12.3. The SMILES string of the molecule is CC(=O)N1CCc2c(c(N3CCCC4=C3CNC(Cl)C(c3cnn(C)c3)=C4)nn2C2CCOCC2)C1. The molecule has 1 saturated heterocycles. The standard InChI is InChI=1S/C26H34ClN7O2/c1-17(35)32-9-5-23-22(16-32)26(30-34(23)20-6-10-36-11-7-20)33-8-3-4-18-12-21(19-13-29-31(2)15-19)25(27)28-14-24(18)33/h12-13,15,20,25,28H,3-11,14,16H2,1-2H3. The minimum absolute atomic E-state index is 0.120. The van der Waals surface area contributed by atoms with E-state index in [1.807, 2.05) is 29.0 Å². The molecule has 0 radical (unpaired) electrons. The van der Waals surface area contributed by atoms with E-state index in [1.165, 1.54) is 22.5 Å². The molecular weight excluding hydrogens is 478 g/mol. The summed E-state index contributed by atoms with van der Waals surface area (Å²) in [6.45, 7) is 6.14. The van der Waals surface area contributed by atoms with Crippen LogP contribution >= 0.6 is 11.6 Å². The van der Waals surface area contributed by atoms with Gasteiger partial charge in [0.1, 0.15) is 5.50 Å². The molecule has 4 aliphatic heterocycles. The molecule has 2 aromatic rings. The molecule has 1 fully saturated rings. The van der Waals surface area contributed by atoms with E-state index in [0.29, 0.717) is 19.1 Å². The summed E-state index contributed by atoms with van der Waals surface area (Å²) in [5, 5.41) is 13.1. The number of halogens is 1. The molecule has 0 spiro atoms. The maximum absolute atomic E-state index is 12.3. The normalized spacial score (nSPS) is 23.3. The summed E-state index contributed by atoms with van der Waals surface area (Å²) in [6.07, 6.45) is 11.0. The highest BCUT2D eigenvalue weighted by atomic mass is 35.5. The van der Waals surface area contributed by atoms with Gasteiger partial charge in [-0.15, -0.1) is 11.6 Å². The Morgan fingerprint density at radius 2 is 2.06 bits per heavy atom.